The quantitative estimate of drug-likeness (QED) is 0.499. The van der Waals surface area contributed by atoms with Crippen molar-refractivity contribution >= 4 is 5.78 Å². The molecule has 0 aliphatic heterocycles. The molecule has 0 aromatic carbocycles. The van der Waals surface area contributed by atoms with Crippen molar-refractivity contribution in [2.45, 2.75) is 51.9 Å². The van der Waals surface area contributed by atoms with Crippen molar-refractivity contribution in [2.75, 3.05) is 0 Å². The highest BCUT2D eigenvalue weighted by Gasteiger charge is 2.08. The second kappa shape index (κ2) is 7.20. The molecule has 3 heteroatoms. The Morgan fingerprint density at radius 3 is 2.56 bits per heavy atom. The molecule has 0 aliphatic rings. The number of Topliss-reactive ketones (excluding diaryl/α,β-unsaturated/α-hetero) is 1. The molecule has 1 aromatic rings. The SMILES string of the molecule is CCCCCCCCC(=O)c1ccnn1C. The fourth-order valence-electron chi connectivity index (χ4n) is 1.84. The summed E-state index contributed by atoms with van der Waals surface area (Å²) in [5.74, 6) is 0.218. The Balaban J connectivity index is 2.14. The molecule has 3 nitrogen and oxygen atoms in total. The van der Waals surface area contributed by atoms with E-state index in [1.165, 1.54) is 32.1 Å². The molecule has 90 valence electrons. The van der Waals surface area contributed by atoms with Gasteiger partial charge in [0.25, 0.3) is 0 Å². The molecular weight excluding hydrogens is 200 g/mol. The summed E-state index contributed by atoms with van der Waals surface area (Å²) in [5, 5.41) is 4.00. The van der Waals surface area contributed by atoms with Gasteiger partial charge in [0.1, 0.15) is 5.69 Å². The third kappa shape index (κ3) is 4.17. The molecule has 0 amide bonds. The van der Waals surface area contributed by atoms with Crippen LogP contribution in [0.3, 0.4) is 0 Å². The van der Waals surface area contributed by atoms with E-state index < -0.39 is 0 Å². The van der Waals surface area contributed by atoms with Gasteiger partial charge in [-0.05, 0) is 12.5 Å². The van der Waals surface area contributed by atoms with Gasteiger partial charge >= 0.3 is 0 Å². The lowest BCUT2D eigenvalue weighted by Gasteiger charge is -2.01. The second-order valence-electron chi connectivity index (χ2n) is 4.28. The molecule has 0 fully saturated rings. The Bertz CT molecular complexity index is 317. The molecule has 1 heterocycles. The lowest BCUT2D eigenvalue weighted by atomic mass is 10.1. The maximum absolute atomic E-state index is 11.8. The topological polar surface area (TPSA) is 34.9 Å². The second-order valence-corrected chi connectivity index (χ2v) is 4.28. The lowest BCUT2D eigenvalue weighted by molar-refractivity contribution is 0.0970. The number of hydrogen-bond donors (Lipinski definition) is 0. The summed E-state index contributed by atoms with van der Waals surface area (Å²) >= 11 is 0. The number of aromatic nitrogens is 2. The molecule has 16 heavy (non-hydrogen) atoms. The van der Waals surface area contributed by atoms with Gasteiger partial charge in [-0.2, -0.15) is 5.10 Å². The van der Waals surface area contributed by atoms with Gasteiger partial charge in [-0.15, -0.1) is 0 Å². The molecule has 0 spiro atoms. The summed E-state index contributed by atoms with van der Waals surface area (Å²) in [6, 6.07) is 1.79. The normalized spacial score (nSPS) is 10.6. The van der Waals surface area contributed by atoms with Gasteiger partial charge in [0.15, 0.2) is 5.78 Å². The number of aryl methyl sites for hydroxylation is 1. The van der Waals surface area contributed by atoms with Crippen LogP contribution in [-0.2, 0) is 7.05 Å². The van der Waals surface area contributed by atoms with E-state index in [4.69, 9.17) is 0 Å². The van der Waals surface area contributed by atoms with E-state index in [2.05, 4.69) is 12.0 Å². The summed E-state index contributed by atoms with van der Waals surface area (Å²) in [6.45, 7) is 2.21. The third-order valence-electron chi connectivity index (χ3n) is 2.86. The number of carbonyl (C=O) groups excluding carboxylic acids is 1. The summed E-state index contributed by atoms with van der Waals surface area (Å²) in [6.07, 6.45) is 9.66. The molecule has 0 atom stereocenters. The molecule has 0 unspecified atom stereocenters. The zero-order valence-corrected chi connectivity index (χ0v) is 10.4. The van der Waals surface area contributed by atoms with Gasteiger partial charge < -0.3 is 0 Å². The van der Waals surface area contributed by atoms with Crippen molar-refractivity contribution < 1.29 is 4.79 Å². The van der Waals surface area contributed by atoms with Crippen molar-refractivity contribution in [3.05, 3.63) is 18.0 Å². The Hall–Kier alpha value is -1.12. The molecule has 0 radical (unpaired) electrons. The summed E-state index contributed by atoms with van der Waals surface area (Å²) < 4.78 is 1.65. The molecule has 1 rings (SSSR count). The number of nitrogens with zero attached hydrogens (tertiary/aromatic N) is 2. The first-order valence-electron chi connectivity index (χ1n) is 6.27. The van der Waals surface area contributed by atoms with Gasteiger partial charge in [0.05, 0.1) is 0 Å². The number of rotatable bonds is 8. The standard InChI is InChI=1S/C13H22N2O/c1-3-4-5-6-7-8-9-13(16)12-10-11-14-15(12)2/h10-11H,3-9H2,1-2H3. The minimum absolute atomic E-state index is 0.218. The van der Waals surface area contributed by atoms with E-state index in [0.29, 0.717) is 6.42 Å². The van der Waals surface area contributed by atoms with Gasteiger partial charge in [-0.25, -0.2) is 0 Å². The molecule has 1 aromatic heterocycles. The Labute approximate surface area is 97.8 Å². The third-order valence-corrected chi connectivity index (χ3v) is 2.86. The molecule has 0 saturated carbocycles. The van der Waals surface area contributed by atoms with E-state index in [-0.39, 0.29) is 5.78 Å². The van der Waals surface area contributed by atoms with Crippen LogP contribution in [0.2, 0.25) is 0 Å². The summed E-state index contributed by atoms with van der Waals surface area (Å²) in [5.41, 5.74) is 0.730. The molecule has 0 bridgehead atoms. The highest BCUT2D eigenvalue weighted by atomic mass is 16.1. The summed E-state index contributed by atoms with van der Waals surface area (Å²) in [7, 11) is 1.81. The van der Waals surface area contributed by atoms with Crippen molar-refractivity contribution in [1.29, 1.82) is 0 Å². The number of hydrogen-bond acceptors (Lipinski definition) is 2. The van der Waals surface area contributed by atoms with Crippen LogP contribution in [-0.4, -0.2) is 15.6 Å². The number of ketones is 1. The minimum Gasteiger partial charge on any atom is -0.292 e. The van der Waals surface area contributed by atoms with E-state index >= 15 is 0 Å². The predicted molar refractivity (Wildman–Crippen MR) is 65.5 cm³/mol. The van der Waals surface area contributed by atoms with Crippen molar-refractivity contribution in [3.63, 3.8) is 0 Å². The van der Waals surface area contributed by atoms with Crippen LogP contribution < -0.4 is 0 Å². The van der Waals surface area contributed by atoms with E-state index in [0.717, 1.165) is 12.1 Å². The molecule has 0 saturated heterocycles. The first-order chi connectivity index (χ1) is 7.75. The Kier molecular flexibility index (Phi) is 5.83. The fourth-order valence-corrected chi connectivity index (χ4v) is 1.84. The van der Waals surface area contributed by atoms with E-state index in [9.17, 15) is 4.79 Å². The van der Waals surface area contributed by atoms with Gasteiger partial charge in [0, 0.05) is 19.7 Å². The first kappa shape index (κ1) is 12.9. The lowest BCUT2D eigenvalue weighted by Crippen LogP contribution is -2.06. The van der Waals surface area contributed by atoms with Gasteiger partial charge in [0.2, 0.25) is 0 Å². The minimum atomic E-state index is 0.218. The Morgan fingerprint density at radius 2 is 1.94 bits per heavy atom. The number of unbranched alkanes of at least 4 members (excludes halogenated alkanes) is 5. The van der Waals surface area contributed by atoms with Crippen LogP contribution in [0.25, 0.3) is 0 Å². The number of carbonyl (C=O) groups is 1. The molecular formula is C13H22N2O. The molecule has 0 N–H and O–H groups in total. The maximum Gasteiger partial charge on any atom is 0.180 e. The first-order valence-corrected chi connectivity index (χ1v) is 6.27. The van der Waals surface area contributed by atoms with E-state index in [1.54, 1.807) is 16.9 Å². The molecule has 0 aliphatic carbocycles. The van der Waals surface area contributed by atoms with Crippen LogP contribution in [0.4, 0.5) is 0 Å². The zero-order valence-electron chi connectivity index (χ0n) is 10.4. The van der Waals surface area contributed by atoms with Crippen molar-refractivity contribution in [1.82, 2.24) is 9.78 Å². The maximum atomic E-state index is 11.8. The average Bonchev–Trinajstić information content (AvgIpc) is 2.69. The van der Waals surface area contributed by atoms with Gasteiger partial charge in [-0.3, -0.25) is 9.48 Å². The monoisotopic (exact) mass is 222 g/mol. The van der Waals surface area contributed by atoms with Crippen LogP contribution in [0, 0.1) is 0 Å². The van der Waals surface area contributed by atoms with Crippen molar-refractivity contribution in [2.24, 2.45) is 7.05 Å². The van der Waals surface area contributed by atoms with Crippen LogP contribution in [0.15, 0.2) is 12.3 Å². The zero-order chi connectivity index (χ0) is 11.8. The predicted octanol–water partition coefficient (Wildman–Crippen LogP) is 3.35. The Morgan fingerprint density at radius 1 is 1.25 bits per heavy atom. The summed E-state index contributed by atoms with van der Waals surface area (Å²) in [4.78, 5) is 11.8. The fraction of sp³-hybridized carbons (Fsp3) is 0.692. The van der Waals surface area contributed by atoms with Crippen LogP contribution in [0.5, 0.6) is 0 Å². The van der Waals surface area contributed by atoms with Gasteiger partial charge in [-0.1, -0.05) is 39.0 Å². The highest BCUT2D eigenvalue weighted by molar-refractivity contribution is 5.94. The highest BCUT2D eigenvalue weighted by Crippen LogP contribution is 2.10. The van der Waals surface area contributed by atoms with E-state index in [1.807, 2.05) is 7.05 Å². The van der Waals surface area contributed by atoms with Crippen LogP contribution in [0.1, 0.15) is 62.4 Å². The smallest absolute Gasteiger partial charge is 0.180 e. The van der Waals surface area contributed by atoms with Crippen molar-refractivity contribution in [3.8, 4) is 0 Å². The largest absolute Gasteiger partial charge is 0.292 e. The average molecular weight is 222 g/mol. The van der Waals surface area contributed by atoms with Crippen LogP contribution >= 0.6 is 0 Å².